The van der Waals surface area contributed by atoms with E-state index >= 15 is 0 Å². The molecule has 1 heterocycles. The molecule has 0 unspecified atom stereocenters. The maximum absolute atomic E-state index is 12.5. The average molecular weight is 430 g/mol. The normalized spacial score (nSPS) is 16.1. The van der Waals surface area contributed by atoms with Crippen molar-refractivity contribution in [3.05, 3.63) is 64.2 Å². The minimum Gasteiger partial charge on any atom is -0.468 e. The van der Waals surface area contributed by atoms with Crippen LogP contribution in [0.4, 0.5) is 5.69 Å². The summed E-state index contributed by atoms with van der Waals surface area (Å²) in [5.41, 5.74) is 3.74. The van der Waals surface area contributed by atoms with Gasteiger partial charge < -0.3 is 10.1 Å². The maximum atomic E-state index is 12.5. The molecule has 0 radical (unpaired) electrons. The quantitative estimate of drug-likeness (QED) is 0.713. The van der Waals surface area contributed by atoms with Crippen LogP contribution in [0.3, 0.4) is 0 Å². The van der Waals surface area contributed by atoms with E-state index in [1.165, 1.54) is 7.11 Å². The number of nitrogens with one attached hydrogen (secondary N) is 1. The first kappa shape index (κ1) is 22.3. The first-order valence-corrected chi connectivity index (χ1v) is 10.4. The highest BCUT2D eigenvalue weighted by Gasteiger charge is 2.32. The van der Waals surface area contributed by atoms with Gasteiger partial charge in [-0.15, -0.1) is 0 Å². The van der Waals surface area contributed by atoms with Crippen molar-refractivity contribution in [2.24, 2.45) is 0 Å². The number of amides is 1. The van der Waals surface area contributed by atoms with Crippen molar-refractivity contribution in [1.82, 2.24) is 9.80 Å². The molecule has 1 amide bonds. The van der Waals surface area contributed by atoms with E-state index in [9.17, 15) is 9.59 Å². The van der Waals surface area contributed by atoms with Crippen LogP contribution in [0.25, 0.3) is 0 Å². The van der Waals surface area contributed by atoms with E-state index in [0.29, 0.717) is 37.7 Å². The number of hydrogen-bond acceptors (Lipinski definition) is 5. The van der Waals surface area contributed by atoms with Crippen LogP contribution in [-0.4, -0.2) is 61.5 Å². The Bertz CT molecular complexity index is 910. The Kier molecular flexibility index (Phi) is 7.48. The first-order valence-electron chi connectivity index (χ1n) is 10.0. The summed E-state index contributed by atoms with van der Waals surface area (Å²) in [6.07, 6.45) is 0. The van der Waals surface area contributed by atoms with E-state index in [2.05, 4.69) is 15.1 Å². The summed E-state index contributed by atoms with van der Waals surface area (Å²) >= 11 is 6.34. The zero-order valence-corrected chi connectivity index (χ0v) is 18.4. The Labute approximate surface area is 182 Å². The zero-order chi connectivity index (χ0) is 21.7. The SMILES string of the molecule is COC(=O)[C@H](c1ccccc1Cl)N1CCN(CC(=O)Nc2cc(C)ccc2C)CC1. The van der Waals surface area contributed by atoms with Crippen molar-refractivity contribution in [3.63, 3.8) is 0 Å². The van der Waals surface area contributed by atoms with Gasteiger partial charge in [0.1, 0.15) is 6.04 Å². The smallest absolute Gasteiger partial charge is 0.327 e. The highest BCUT2D eigenvalue weighted by Crippen LogP contribution is 2.29. The number of methoxy groups -OCH3 is 1. The number of hydrogen-bond donors (Lipinski definition) is 1. The molecule has 1 aliphatic heterocycles. The number of ether oxygens (including phenoxy) is 1. The fourth-order valence-electron chi connectivity index (χ4n) is 3.72. The number of benzene rings is 2. The van der Waals surface area contributed by atoms with Crippen LogP contribution < -0.4 is 5.32 Å². The Balaban J connectivity index is 1.60. The second-order valence-electron chi connectivity index (χ2n) is 7.63. The van der Waals surface area contributed by atoms with Gasteiger partial charge in [-0.25, -0.2) is 4.79 Å². The van der Waals surface area contributed by atoms with Crippen LogP contribution in [0.2, 0.25) is 5.02 Å². The van der Waals surface area contributed by atoms with Crippen LogP contribution in [0.5, 0.6) is 0 Å². The number of nitrogens with zero attached hydrogens (tertiary/aromatic N) is 2. The molecule has 6 nitrogen and oxygen atoms in total. The average Bonchev–Trinajstić information content (AvgIpc) is 2.73. The summed E-state index contributed by atoms with van der Waals surface area (Å²) in [7, 11) is 1.39. The van der Waals surface area contributed by atoms with E-state index < -0.39 is 6.04 Å². The second-order valence-corrected chi connectivity index (χ2v) is 8.03. The molecule has 2 aromatic carbocycles. The summed E-state index contributed by atoms with van der Waals surface area (Å²) < 4.78 is 5.04. The number of carbonyl (C=O) groups excluding carboxylic acids is 2. The number of halogens is 1. The summed E-state index contributed by atoms with van der Waals surface area (Å²) in [4.78, 5) is 29.2. The summed E-state index contributed by atoms with van der Waals surface area (Å²) in [5, 5.41) is 3.55. The van der Waals surface area contributed by atoms with E-state index in [4.69, 9.17) is 16.3 Å². The molecule has 3 rings (SSSR count). The lowest BCUT2D eigenvalue weighted by molar-refractivity contribution is -0.148. The molecule has 0 saturated carbocycles. The Hall–Kier alpha value is -2.41. The molecule has 30 heavy (non-hydrogen) atoms. The number of rotatable bonds is 6. The fraction of sp³-hybridized carbons (Fsp3) is 0.391. The van der Waals surface area contributed by atoms with Crippen LogP contribution in [0, 0.1) is 13.8 Å². The standard InChI is InChI=1S/C23H28ClN3O3/c1-16-8-9-17(2)20(14-16)25-21(28)15-26-10-12-27(13-11-26)22(23(29)30-3)18-6-4-5-7-19(18)24/h4-9,14,22H,10-13,15H2,1-3H3,(H,25,28)/t22-/m0/s1. The van der Waals surface area contributed by atoms with Crippen molar-refractivity contribution >= 4 is 29.2 Å². The number of esters is 1. The number of aryl methyl sites for hydroxylation is 2. The molecule has 1 fully saturated rings. The molecule has 1 atom stereocenters. The summed E-state index contributed by atoms with van der Waals surface area (Å²) in [6, 6.07) is 12.8. The minimum absolute atomic E-state index is 0.0345. The number of piperazine rings is 1. The van der Waals surface area contributed by atoms with Crippen molar-refractivity contribution in [1.29, 1.82) is 0 Å². The van der Waals surface area contributed by atoms with Gasteiger partial charge in [0.15, 0.2) is 0 Å². The first-order chi connectivity index (χ1) is 14.4. The molecule has 0 bridgehead atoms. The Morgan fingerprint density at radius 2 is 1.80 bits per heavy atom. The van der Waals surface area contributed by atoms with E-state index in [1.54, 1.807) is 6.07 Å². The molecule has 1 saturated heterocycles. The third kappa shape index (κ3) is 5.39. The van der Waals surface area contributed by atoms with Crippen molar-refractivity contribution in [2.75, 3.05) is 45.2 Å². The van der Waals surface area contributed by atoms with Crippen molar-refractivity contribution < 1.29 is 14.3 Å². The van der Waals surface area contributed by atoms with Gasteiger partial charge in [-0.05, 0) is 42.7 Å². The van der Waals surface area contributed by atoms with Gasteiger partial charge in [0.25, 0.3) is 0 Å². The van der Waals surface area contributed by atoms with Crippen LogP contribution >= 0.6 is 11.6 Å². The maximum Gasteiger partial charge on any atom is 0.327 e. The van der Waals surface area contributed by atoms with Crippen LogP contribution in [-0.2, 0) is 14.3 Å². The van der Waals surface area contributed by atoms with E-state index in [-0.39, 0.29) is 11.9 Å². The van der Waals surface area contributed by atoms with Gasteiger partial charge in [-0.2, -0.15) is 0 Å². The number of carbonyl (C=O) groups is 2. The predicted octanol–water partition coefficient (Wildman–Crippen LogP) is 3.43. The highest BCUT2D eigenvalue weighted by molar-refractivity contribution is 6.31. The zero-order valence-electron chi connectivity index (χ0n) is 17.7. The molecular weight excluding hydrogens is 402 g/mol. The molecule has 160 valence electrons. The largest absolute Gasteiger partial charge is 0.468 e. The van der Waals surface area contributed by atoms with Crippen molar-refractivity contribution in [3.8, 4) is 0 Å². The second kappa shape index (κ2) is 10.1. The Morgan fingerprint density at radius 3 is 2.47 bits per heavy atom. The third-order valence-electron chi connectivity index (χ3n) is 5.43. The monoisotopic (exact) mass is 429 g/mol. The molecular formula is C23H28ClN3O3. The number of anilines is 1. The molecule has 7 heteroatoms. The highest BCUT2D eigenvalue weighted by atomic mass is 35.5. The molecule has 0 aliphatic carbocycles. The van der Waals surface area contributed by atoms with Crippen LogP contribution in [0.1, 0.15) is 22.7 Å². The lowest BCUT2D eigenvalue weighted by atomic mass is 10.0. The fourth-order valence-corrected chi connectivity index (χ4v) is 3.96. The topological polar surface area (TPSA) is 61.9 Å². The summed E-state index contributed by atoms with van der Waals surface area (Å²) in [5.74, 6) is -0.364. The van der Waals surface area contributed by atoms with Gasteiger partial charge in [0.2, 0.25) is 5.91 Å². The summed E-state index contributed by atoms with van der Waals surface area (Å²) in [6.45, 7) is 6.94. The molecule has 1 N–H and O–H groups in total. The molecule has 1 aliphatic rings. The third-order valence-corrected chi connectivity index (χ3v) is 5.77. The van der Waals surface area contributed by atoms with Crippen LogP contribution in [0.15, 0.2) is 42.5 Å². The van der Waals surface area contributed by atoms with Gasteiger partial charge in [-0.1, -0.05) is 41.9 Å². The van der Waals surface area contributed by atoms with E-state index in [1.807, 2.05) is 50.2 Å². The predicted molar refractivity (Wildman–Crippen MR) is 119 cm³/mol. The lowest BCUT2D eigenvalue weighted by Gasteiger charge is -2.38. The lowest BCUT2D eigenvalue weighted by Crippen LogP contribution is -2.51. The minimum atomic E-state index is -0.547. The van der Waals surface area contributed by atoms with E-state index in [0.717, 1.165) is 22.4 Å². The van der Waals surface area contributed by atoms with Gasteiger partial charge >= 0.3 is 5.97 Å². The Morgan fingerprint density at radius 1 is 1.10 bits per heavy atom. The van der Waals surface area contributed by atoms with Crippen molar-refractivity contribution in [2.45, 2.75) is 19.9 Å². The van der Waals surface area contributed by atoms with Gasteiger partial charge in [0, 0.05) is 36.9 Å². The van der Waals surface area contributed by atoms with Gasteiger partial charge in [-0.3, -0.25) is 14.6 Å². The van der Waals surface area contributed by atoms with Gasteiger partial charge in [0.05, 0.1) is 13.7 Å². The molecule has 2 aromatic rings. The molecule has 0 spiro atoms. The molecule has 0 aromatic heterocycles.